The second kappa shape index (κ2) is 8.83. The molecule has 1 fully saturated rings. The highest BCUT2D eigenvalue weighted by molar-refractivity contribution is 6.43. The van der Waals surface area contributed by atoms with Crippen molar-refractivity contribution < 1.29 is 9.59 Å². The summed E-state index contributed by atoms with van der Waals surface area (Å²) in [6, 6.07) is 5.33. The van der Waals surface area contributed by atoms with Crippen molar-refractivity contribution in [2.75, 3.05) is 49.3 Å². The summed E-state index contributed by atoms with van der Waals surface area (Å²) in [4.78, 5) is 33.2. The van der Waals surface area contributed by atoms with Crippen LogP contribution in [0, 0.1) is 6.92 Å². The minimum atomic E-state index is -0.763. The smallest absolute Gasteiger partial charge is 0.315 e. The third kappa shape index (κ3) is 5.07. The molecule has 0 aromatic carbocycles. The zero-order valence-corrected chi connectivity index (χ0v) is 16.6. The minimum absolute atomic E-state index is 0.345. The van der Waals surface area contributed by atoms with Gasteiger partial charge in [-0.2, -0.15) is 5.10 Å². The van der Waals surface area contributed by atoms with Crippen LogP contribution in [0.5, 0.6) is 0 Å². The lowest BCUT2D eigenvalue weighted by molar-refractivity contribution is -0.133. The van der Waals surface area contributed by atoms with Crippen LogP contribution in [0.2, 0.25) is 0 Å². The van der Waals surface area contributed by atoms with Gasteiger partial charge in [0.15, 0.2) is 5.82 Å². The quantitative estimate of drug-likeness (QED) is 0.729. The molecule has 2 N–H and O–H groups in total. The fourth-order valence-electron chi connectivity index (χ4n) is 3.01. The van der Waals surface area contributed by atoms with Crippen molar-refractivity contribution in [3.8, 4) is 0 Å². The summed E-state index contributed by atoms with van der Waals surface area (Å²) >= 11 is 0. The predicted octanol–water partition coefficient (Wildman–Crippen LogP) is 1.33. The average Bonchev–Trinajstić information content (AvgIpc) is 3.33. The van der Waals surface area contributed by atoms with Gasteiger partial charge in [0.2, 0.25) is 0 Å². The van der Waals surface area contributed by atoms with E-state index in [9.17, 15) is 9.59 Å². The summed E-state index contributed by atoms with van der Waals surface area (Å²) in [6.07, 6.45) is 4.11. The zero-order valence-electron chi connectivity index (χ0n) is 16.6. The van der Waals surface area contributed by atoms with Crippen LogP contribution in [0.15, 0.2) is 24.4 Å². The van der Waals surface area contributed by atoms with E-state index in [-0.39, 0.29) is 0 Å². The molecule has 0 radical (unpaired) electrons. The van der Waals surface area contributed by atoms with E-state index >= 15 is 0 Å². The largest absolute Gasteiger partial charge is 0.357 e. The van der Waals surface area contributed by atoms with Crippen molar-refractivity contribution in [2.24, 2.45) is 0 Å². The van der Waals surface area contributed by atoms with Crippen molar-refractivity contribution >= 4 is 29.1 Å². The Morgan fingerprint density at radius 1 is 1.11 bits per heavy atom. The normalized spacial score (nSPS) is 13.8. The number of hydrogen-bond acceptors (Lipinski definition) is 6. The van der Waals surface area contributed by atoms with Gasteiger partial charge in [0, 0.05) is 31.9 Å². The molecule has 0 spiro atoms. The Morgan fingerprint density at radius 2 is 1.82 bits per heavy atom. The summed E-state index contributed by atoms with van der Waals surface area (Å²) in [5, 5.41) is 9.39. The van der Waals surface area contributed by atoms with Crippen LogP contribution < -0.4 is 15.5 Å². The minimum Gasteiger partial charge on any atom is -0.357 e. The molecule has 9 heteroatoms. The molecule has 0 saturated carbocycles. The number of nitrogens with zero attached hydrogens (tertiary/aromatic N) is 5. The average molecular weight is 385 g/mol. The van der Waals surface area contributed by atoms with Crippen LogP contribution >= 0.6 is 0 Å². The Balaban J connectivity index is 1.56. The summed E-state index contributed by atoms with van der Waals surface area (Å²) < 4.78 is 1.72. The molecule has 150 valence electrons. The van der Waals surface area contributed by atoms with E-state index in [1.807, 2.05) is 32.0 Å². The highest BCUT2D eigenvalue weighted by atomic mass is 16.2. The number of carbonyl (C=O) groups excluding carboxylic acids is 2. The van der Waals surface area contributed by atoms with Crippen LogP contribution in [0.3, 0.4) is 0 Å². The molecule has 0 unspecified atom stereocenters. The second-order valence-electron chi connectivity index (χ2n) is 7.17. The van der Waals surface area contributed by atoms with E-state index in [1.165, 1.54) is 12.8 Å². The Hall–Kier alpha value is -2.94. The van der Waals surface area contributed by atoms with Crippen molar-refractivity contribution in [1.29, 1.82) is 0 Å². The molecule has 0 atom stereocenters. The SMILES string of the molecule is Cc1nc(N2CCCC2)ccc1NC(=O)C(=O)Nc1ccn(CCN(C)C)n1. The molecular weight excluding hydrogens is 358 g/mol. The van der Waals surface area contributed by atoms with Gasteiger partial charge >= 0.3 is 11.8 Å². The molecular formula is C19H27N7O2. The Kier molecular flexibility index (Phi) is 6.25. The van der Waals surface area contributed by atoms with Crippen molar-refractivity contribution in [2.45, 2.75) is 26.3 Å². The Morgan fingerprint density at radius 3 is 2.50 bits per heavy atom. The van der Waals surface area contributed by atoms with Crippen molar-refractivity contribution in [3.63, 3.8) is 0 Å². The number of pyridine rings is 1. The molecule has 1 aliphatic heterocycles. The maximum atomic E-state index is 12.2. The summed E-state index contributed by atoms with van der Waals surface area (Å²) in [7, 11) is 3.95. The summed E-state index contributed by atoms with van der Waals surface area (Å²) in [6.45, 7) is 5.35. The molecule has 2 amide bonds. The zero-order chi connectivity index (χ0) is 20.1. The maximum absolute atomic E-state index is 12.2. The van der Waals surface area contributed by atoms with Crippen molar-refractivity contribution in [3.05, 3.63) is 30.1 Å². The standard InChI is InChI=1S/C19H27N7O2/c1-14-15(6-7-17(20-14)25-9-4-5-10-25)21-18(27)19(28)22-16-8-11-26(23-16)13-12-24(2)3/h6-8,11H,4-5,9-10,12-13H2,1-3H3,(H,21,27)(H,22,23,28). The molecule has 1 saturated heterocycles. The van der Waals surface area contributed by atoms with E-state index in [2.05, 4.69) is 25.6 Å². The lowest BCUT2D eigenvalue weighted by Gasteiger charge is -2.17. The van der Waals surface area contributed by atoms with Gasteiger partial charge in [0.25, 0.3) is 0 Å². The molecule has 2 aromatic rings. The molecule has 3 heterocycles. The van der Waals surface area contributed by atoms with Gasteiger partial charge in [-0.1, -0.05) is 0 Å². The number of likely N-dealkylation sites (N-methyl/N-ethyl adjacent to an activating group) is 1. The number of hydrogen-bond donors (Lipinski definition) is 2. The fraction of sp³-hybridized carbons (Fsp3) is 0.474. The van der Waals surface area contributed by atoms with Crippen LogP contribution in [-0.4, -0.2) is 65.2 Å². The van der Waals surface area contributed by atoms with Gasteiger partial charge in [0.05, 0.1) is 17.9 Å². The van der Waals surface area contributed by atoms with Gasteiger partial charge < -0.3 is 20.4 Å². The topological polar surface area (TPSA) is 95.4 Å². The Labute approximate surface area is 164 Å². The molecule has 1 aliphatic rings. The number of nitrogens with one attached hydrogen (secondary N) is 2. The lowest BCUT2D eigenvalue weighted by Crippen LogP contribution is -2.30. The number of anilines is 3. The van der Waals surface area contributed by atoms with Crippen LogP contribution in [0.4, 0.5) is 17.3 Å². The van der Waals surface area contributed by atoms with Crippen LogP contribution in [-0.2, 0) is 16.1 Å². The van der Waals surface area contributed by atoms with Gasteiger partial charge in [-0.25, -0.2) is 4.98 Å². The molecule has 2 aromatic heterocycles. The van der Waals surface area contributed by atoms with E-state index < -0.39 is 11.8 Å². The molecule has 0 bridgehead atoms. The highest BCUT2D eigenvalue weighted by Gasteiger charge is 2.18. The van der Waals surface area contributed by atoms with Crippen LogP contribution in [0.25, 0.3) is 0 Å². The molecule has 3 rings (SSSR count). The number of amides is 2. The monoisotopic (exact) mass is 385 g/mol. The van der Waals surface area contributed by atoms with E-state index in [1.54, 1.807) is 23.0 Å². The third-order valence-electron chi connectivity index (χ3n) is 4.61. The molecule has 0 aliphatic carbocycles. The number of aryl methyl sites for hydroxylation is 1. The first-order valence-corrected chi connectivity index (χ1v) is 9.45. The van der Waals surface area contributed by atoms with Gasteiger partial charge in [-0.3, -0.25) is 14.3 Å². The molecule has 9 nitrogen and oxygen atoms in total. The first-order valence-electron chi connectivity index (χ1n) is 9.45. The lowest BCUT2D eigenvalue weighted by atomic mass is 10.3. The van der Waals surface area contributed by atoms with E-state index in [4.69, 9.17) is 0 Å². The highest BCUT2D eigenvalue weighted by Crippen LogP contribution is 2.22. The maximum Gasteiger partial charge on any atom is 0.315 e. The van der Waals surface area contributed by atoms with E-state index in [0.29, 0.717) is 23.7 Å². The second-order valence-corrected chi connectivity index (χ2v) is 7.17. The first-order chi connectivity index (χ1) is 13.4. The van der Waals surface area contributed by atoms with Crippen molar-refractivity contribution in [1.82, 2.24) is 19.7 Å². The molecule has 28 heavy (non-hydrogen) atoms. The number of carbonyl (C=O) groups is 2. The number of aromatic nitrogens is 3. The Bertz CT molecular complexity index is 841. The first kappa shape index (κ1) is 19.8. The van der Waals surface area contributed by atoms with Gasteiger partial charge in [0.1, 0.15) is 5.82 Å². The third-order valence-corrected chi connectivity index (χ3v) is 4.61. The van der Waals surface area contributed by atoms with E-state index in [0.717, 1.165) is 25.5 Å². The fourth-order valence-corrected chi connectivity index (χ4v) is 3.01. The van der Waals surface area contributed by atoms with Crippen LogP contribution in [0.1, 0.15) is 18.5 Å². The summed E-state index contributed by atoms with van der Waals surface area (Å²) in [5.74, 6) is -0.263. The van der Waals surface area contributed by atoms with Gasteiger partial charge in [-0.05, 0) is 46.0 Å². The van der Waals surface area contributed by atoms with Gasteiger partial charge in [-0.15, -0.1) is 0 Å². The predicted molar refractivity (Wildman–Crippen MR) is 108 cm³/mol. The summed E-state index contributed by atoms with van der Waals surface area (Å²) in [5.41, 5.74) is 1.21. The number of rotatable bonds is 6.